The van der Waals surface area contributed by atoms with E-state index in [0.29, 0.717) is 0 Å². The first-order valence-corrected chi connectivity index (χ1v) is 5.81. The fourth-order valence-corrected chi connectivity index (χ4v) is 2.47. The van der Waals surface area contributed by atoms with Crippen molar-refractivity contribution in [3.63, 3.8) is 0 Å². The van der Waals surface area contributed by atoms with Crippen molar-refractivity contribution in [3.05, 3.63) is 42.1 Å². The Morgan fingerprint density at radius 2 is 2.00 bits per heavy atom. The standard InChI is InChI=1S/C13H15NO2/c1-4-12-11(3-2-8-14-12)5-7-13(6-1)15-9-10-16-13/h2-3,8-10H,1,4-7H2. The van der Waals surface area contributed by atoms with E-state index < -0.39 is 5.79 Å². The van der Waals surface area contributed by atoms with Crippen LogP contribution in [0, 0.1) is 0 Å². The first-order valence-electron chi connectivity index (χ1n) is 5.81. The summed E-state index contributed by atoms with van der Waals surface area (Å²) >= 11 is 0. The van der Waals surface area contributed by atoms with Crippen molar-refractivity contribution >= 4 is 0 Å². The van der Waals surface area contributed by atoms with Gasteiger partial charge in [0.15, 0.2) is 0 Å². The van der Waals surface area contributed by atoms with Gasteiger partial charge in [-0.15, -0.1) is 0 Å². The minimum absolute atomic E-state index is 0.395. The van der Waals surface area contributed by atoms with E-state index in [1.807, 2.05) is 12.3 Å². The number of ether oxygens (including phenoxy) is 2. The molecule has 3 heteroatoms. The molecule has 1 spiro atoms. The Bertz CT molecular complexity index is 406. The second-order valence-corrected chi connectivity index (χ2v) is 4.38. The van der Waals surface area contributed by atoms with Gasteiger partial charge in [-0.1, -0.05) is 6.07 Å². The van der Waals surface area contributed by atoms with Crippen LogP contribution in [0.25, 0.3) is 0 Å². The van der Waals surface area contributed by atoms with E-state index in [9.17, 15) is 0 Å². The van der Waals surface area contributed by atoms with Crippen molar-refractivity contribution in [3.8, 4) is 0 Å². The second kappa shape index (κ2) is 3.81. The Morgan fingerprint density at radius 3 is 2.88 bits per heavy atom. The number of rotatable bonds is 0. The monoisotopic (exact) mass is 217 g/mol. The Balaban J connectivity index is 1.82. The highest BCUT2D eigenvalue weighted by Crippen LogP contribution is 2.33. The summed E-state index contributed by atoms with van der Waals surface area (Å²) < 4.78 is 11.2. The van der Waals surface area contributed by atoms with Gasteiger partial charge in [-0.2, -0.15) is 0 Å². The van der Waals surface area contributed by atoms with E-state index in [4.69, 9.17) is 9.47 Å². The lowest BCUT2D eigenvalue weighted by Gasteiger charge is -2.29. The number of hydrogen-bond acceptors (Lipinski definition) is 3. The molecule has 1 aliphatic carbocycles. The highest BCUT2D eigenvalue weighted by molar-refractivity contribution is 5.21. The zero-order valence-electron chi connectivity index (χ0n) is 9.19. The molecule has 2 heterocycles. The van der Waals surface area contributed by atoms with Gasteiger partial charge in [0.2, 0.25) is 5.79 Å². The molecule has 0 atom stereocenters. The molecule has 3 rings (SSSR count). The maximum absolute atomic E-state index is 5.61. The first-order chi connectivity index (χ1) is 7.88. The molecule has 1 aromatic heterocycles. The quantitative estimate of drug-likeness (QED) is 0.669. The third-order valence-electron chi connectivity index (χ3n) is 3.35. The number of pyridine rings is 1. The molecule has 0 amide bonds. The molecule has 0 saturated carbocycles. The Labute approximate surface area is 95.1 Å². The lowest BCUT2D eigenvalue weighted by Crippen LogP contribution is -2.32. The van der Waals surface area contributed by atoms with Gasteiger partial charge < -0.3 is 9.47 Å². The predicted octanol–water partition coefficient (Wildman–Crippen LogP) is 2.56. The molecule has 0 fully saturated rings. The summed E-state index contributed by atoms with van der Waals surface area (Å²) in [7, 11) is 0. The molecule has 0 aromatic carbocycles. The maximum atomic E-state index is 5.61. The normalized spacial score (nSPS) is 21.8. The van der Waals surface area contributed by atoms with Crippen molar-refractivity contribution in [1.82, 2.24) is 4.98 Å². The molecule has 0 bridgehead atoms. The molecule has 3 nitrogen and oxygen atoms in total. The van der Waals surface area contributed by atoms with Crippen LogP contribution in [0.5, 0.6) is 0 Å². The van der Waals surface area contributed by atoms with Crippen LogP contribution >= 0.6 is 0 Å². The fourth-order valence-electron chi connectivity index (χ4n) is 2.47. The van der Waals surface area contributed by atoms with Gasteiger partial charge in [0.1, 0.15) is 12.5 Å². The highest BCUT2D eigenvalue weighted by atomic mass is 16.7. The average molecular weight is 217 g/mol. The molecule has 0 unspecified atom stereocenters. The molecule has 0 saturated heterocycles. The summed E-state index contributed by atoms with van der Waals surface area (Å²) in [5, 5.41) is 0. The summed E-state index contributed by atoms with van der Waals surface area (Å²) in [6.45, 7) is 0. The van der Waals surface area contributed by atoms with Gasteiger partial charge in [0.05, 0.1) is 0 Å². The van der Waals surface area contributed by atoms with Crippen LogP contribution in [0.2, 0.25) is 0 Å². The average Bonchev–Trinajstić information content (AvgIpc) is 2.75. The molecular formula is C13H15NO2. The van der Waals surface area contributed by atoms with Gasteiger partial charge in [-0.3, -0.25) is 4.98 Å². The van der Waals surface area contributed by atoms with Gasteiger partial charge >= 0.3 is 0 Å². The number of aryl methyl sites for hydroxylation is 2. The van der Waals surface area contributed by atoms with Crippen LogP contribution in [0.4, 0.5) is 0 Å². The van der Waals surface area contributed by atoms with Crippen molar-refractivity contribution in [2.24, 2.45) is 0 Å². The first kappa shape index (κ1) is 9.70. The molecule has 84 valence electrons. The summed E-state index contributed by atoms with van der Waals surface area (Å²) in [6, 6.07) is 4.16. The Kier molecular flexibility index (Phi) is 2.31. The Hall–Kier alpha value is -1.51. The lowest BCUT2D eigenvalue weighted by molar-refractivity contribution is -0.152. The summed E-state index contributed by atoms with van der Waals surface area (Å²) in [5.74, 6) is -0.395. The van der Waals surface area contributed by atoms with Crippen molar-refractivity contribution in [1.29, 1.82) is 0 Å². The number of fused-ring (bicyclic) bond motifs is 1. The van der Waals surface area contributed by atoms with Crippen LogP contribution in [-0.2, 0) is 22.3 Å². The van der Waals surface area contributed by atoms with Crippen LogP contribution in [0.3, 0.4) is 0 Å². The van der Waals surface area contributed by atoms with E-state index in [1.54, 1.807) is 12.5 Å². The molecule has 0 radical (unpaired) electrons. The van der Waals surface area contributed by atoms with Crippen molar-refractivity contribution < 1.29 is 9.47 Å². The number of nitrogens with zero attached hydrogens (tertiary/aromatic N) is 1. The SMILES string of the molecule is C1=COC2(CCCc3ncccc3CC2)O1. The topological polar surface area (TPSA) is 31.4 Å². The zero-order chi connectivity index (χ0) is 10.8. The van der Waals surface area contributed by atoms with Gasteiger partial charge in [0.25, 0.3) is 0 Å². The van der Waals surface area contributed by atoms with E-state index in [1.165, 1.54) is 11.3 Å². The van der Waals surface area contributed by atoms with E-state index in [0.717, 1.165) is 32.1 Å². The largest absolute Gasteiger partial charge is 0.457 e. The van der Waals surface area contributed by atoms with Crippen LogP contribution in [0.15, 0.2) is 30.9 Å². The molecule has 1 aromatic rings. The lowest BCUT2D eigenvalue weighted by atomic mass is 9.93. The van der Waals surface area contributed by atoms with Gasteiger partial charge in [0, 0.05) is 24.7 Å². The van der Waals surface area contributed by atoms with Crippen molar-refractivity contribution in [2.75, 3.05) is 0 Å². The molecule has 0 N–H and O–H groups in total. The minimum atomic E-state index is -0.395. The summed E-state index contributed by atoms with van der Waals surface area (Å²) in [6.07, 6.45) is 10.1. The number of hydrogen-bond donors (Lipinski definition) is 0. The van der Waals surface area contributed by atoms with E-state index in [-0.39, 0.29) is 0 Å². The van der Waals surface area contributed by atoms with Crippen LogP contribution in [0.1, 0.15) is 30.5 Å². The smallest absolute Gasteiger partial charge is 0.250 e. The van der Waals surface area contributed by atoms with Gasteiger partial charge in [-0.25, -0.2) is 0 Å². The predicted molar refractivity (Wildman–Crippen MR) is 59.5 cm³/mol. The minimum Gasteiger partial charge on any atom is -0.457 e. The molecule has 2 aliphatic rings. The number of aromatic nitrogens is 1. The molecule has 16 heavy (non-hydrogen) atoms. The summed E-state index contributed by atoms with van der Waals surface area (Å²) in [4.78, 5) is 4.44. The zero-order valence-corrected chi connectivity index (χ0v) is 9.19. The Morgan fingerprint density at radius 1 is 1.12 bits per heavy atom. The van der Waals surface area contributed by atoms with Crippen LogP contribution < -0.4 is 0 Å². The third-order valence-corrected chi connectivity index (χ3v) is 3.35. The van der Waals surface area contributed by atoms with Crippen LogP contribution in [-0.4, -0.2) is 10.8 Å². The molecular weight excluding hydrogens is 202 g/mol. The molecule has 1 aliphatic heterocycles. The third kappa shape index (κ3) is 1.66. The van der Waals surface area contributed by atoms with E-state index >= 15 is 0 Å². The van der Waals surface area contributed by atoms with Gasteiger partial charge in [-0.05, 0) is 30.9 Å². The second-order valence-electron chi connectivity index (χ2n) is 4.38. The maximum Gasteiger partial charge on any atom is 0.250 e. The van der Waals surface area contributed by atoms with Crippen molar-refractivity contribution in [2.45, 2.75) is 37.9 Å². The fraction of sp³-hybridized carbons (Fsp3) is 0.462. The highest BCUT2D eigenvalue weighted by Gasteiger charge is 2.36. The van der Waals surface area contributed by atoms with E-state index in [2.05, 4.69) is 11.1 Å². The summed E-state index contributed by atoms with van der Waals surface area (Å²) in [5.41, 5.74) is 2.57.